The number of nitrogens with two attached hydrogens (primary N) is 1. The van der Waals surface area contributed by atoms with Crippen LogP contribution in [0.15, 0.2) is 12.1 Å². The summed E-state index contributed by atoms with van der Waals surface area (Å²) in [6.45, 7) is 3.44. The number of hydrogen-bond acceptors (Lipinski definition) is 5. The quantitative estimate of drug-likeness (QED) is 0.489. The first-order valence-electron chi connectivity index (χ1n) is 6.12. The van der Waals surface area contributed by atoms with Crippen molar-refractivity contribution >= 4 is 17.5 Å². The number of carbonyl (C=O) groups excluding carboxylic acids is 1. The highest BCUT2D eigenvalue weighted by Gasteiger charge is 2.32. The van der Waals surface area contributed by atoms with Crippen molar-refractivity contribution in [2.45, 2.75) is 20.0 Å². The molecule has 0 unspecified atom stereocenters. The van der Waals surface area contributed by atoms with Crippen molar-refractivity contribution in [2.24, 2.45) is 11.3 Å². The minimum Gasteiger partial charge on any atom is -0.369 e. The molecule has 0 aliphatic carbocycles. The van der Waals surface area contributed by atoms with Gasteiger partial charge in [-0.15, -0.1) is 0 Å². The lowest BCUT2D eigenvalue weighted by Gasteiger charge is -2.23. The van der Waals surface area contributed by atoms with E-state index in [0.717, 1.165) is 12.1 Å². The molecule has 0 atom stereocenters. The summed E-state index contributed by atoms with van der Waals surface area (Å²) in [5, 5.41) is 5.21. The van der Waals surface area contributed by atoms with Crippen LogP contribution in [0.2, 0.25) is 0 Å². The van der Waals surface area contributed by atoms with E-state index in [1.54, 1.807) is 13.8 Å². The maximum atomic E-state index is 12.8. The number of hydrogen-bond donors (Lipinski definition) is 4. The molecule has 9 heteroatoms. The van der Waals surface area contributed by atoms with E-state index in [9.17, 15) is 18.0 Å². The Labute approximate surface area is 120 Å². The minimum atomic E-state index is -4.51. The Morgan fingerprint density at radius 1 is 1.29 bits per heavy atom. The number of amides is 1. The summed E-state index contributed by atoms with van der Waals surface area (Å²) in [6.07, 6.45) is -4.51. The van der Waals surface area contributed by atoms with Gasteiger partial charge in [0.1, 0.15) is 11.6 Å². The molecule has 0 aromatic carbocycles. The van der Waals surface area contributed by atoms with Gasteiger partial charge >= 0.3 is 6.18 Å². The van der Waals surface area contributed by atoms with Gasteiger partial charge in [0.2, 0.25) is 5.91 Å². The summed E-state index contributed by atoms with van der Waals surface area (Å²) in [7, 11) is 1.49. The summed E-state index contributed by atoms with van der Waals surface area (Å²) in [5.41, 5.74) is 0.392. The average Bonchev–Trinajstić information content (AvgIpc) is 2.42. The summed E-state index contributed by atoms with van der Waals surface area (Å²) >= 11 is 0. The maximum absolute atomic E-state index is 12.8. The molecule has 1 rings (SSSR count). The molecule has 0 bridgehead atoms. The van der Waals surface area contributed by atoms with Crippen molar-refractivity contribution < 1.29 is 18.0 Å². The lowest BCUT2D eigenvalue weighted by molar-refractivity contribution is -0.137. The largest absolute Gasteiger partial charge is 0.416 e. The lowest BCUT2D eigenvalue weighted by atomic mass is 9.92. The molecule has 6 nitrogen and oxygen atoms in total. The van der Waals surface area contributed by atoms with Crippen molar-refractivity contribution in [1.29, 1.82) is 0 Å². The average molecular weight is 305 g/mol. The molecule has 1 aromatic heterocycles. The number of anilines is 2. The standard InChI is InChI=1S/C12H18F3N5O/c1-11(2,10(21)17-3)6-18-8-4-7(12(13,14)15)5-9(19-8)20-16/h4-5H,6,16H2,1-3H3,(H,17,21)(H2,18,19,20). The number of pyridine rings is 1. The molecule has 0 radical (unpaired) electrons. The predicted octanol–water partition coefficient (Wildman–Crippen LogP) is 1.57. The molecule has 0 fully saturated rings. The van der Waals surface area contributed by atoms with E-state index in [2.05, 4.69) is 21.0 Å². The molecule has 0 spiro atoms. The van der Waals surface area contributed by atoms with Gasteiger partial charge in [0.25, 0.3) is 0 Å². The van der Waals surface area contributed by atoms with Gasteiger partial charge in [-0.05, 0) is 26.0 Å². The lowest BCUT2D eigenvalue weighted by Crippen LogP contribution is -2.39. The van der Waals surface area contributed by atoms with E-state index in [4.69, 9.17) is 5.84 Å². The van der Waals surface area contributed by atoms with Gasteiger partial charge in [0.05, 0.1) is 11.0 Å². The Bertz CT molecular complexity index is 516. The third-order valence-electron chi connectivity index (χ3n) is 2.85. The monoisotopic (exact) mass is 305 g/mol. The van der Waals surface area contributed by atoms with Crippen LogP contribution >= 0.6 is 0 Å². The fourth-order valence-electron chi connectivity index (χ4n) is 1.59. The third kappa shape index (κ3) is 4.48. The van der Waals surface area contributed by atoms with Gasteiger partial charge in [0, 0.05) is 13.6 Å². The fourth-order valence-corrected chi connectivity index (χ4v) is 1.59. The number of alkyl halides is 3. The molecule has 5 N–H and O–H groups in total. The van der Waals surface area contributed by atoms with Crippen LogP contribution in [0.1, 0.15) is 19.4 Å². The van der Waals surface area contributed by atoms with Crippen LogP contribution in [0.4, 0.5) is 24.8 Å². The molecule has 1 heterocycles. The number of rotatable bonds is 5. The normalized spacial score (nSPS) is 12.0. The van der Waals surface area contributed by atoms with E-state index >= 15 is 0 Å². The first-order valence-corrected chi connectivity index (χ1v) is 6.12. The summed E-state index contributed by atoms with van der Waals surface area (Å²) in [6, 6.07) is 1.66. The van der Waals surface area contributed by atoms with Crippen LogP contribution in [-0.4, -0.2) is 24.5 Å². The van der Waals surface area contributed by atoms with Crippen LogP contribution in [0.5, 0.6) is 0 Å². The van der Waals surface area contributed by atoms with Crippen molar-refractivity contribution in [1.82, 2.24) is 10.3 Å². The second-order valence-corrected chi connectivity index (χ2v) is 5.08. The first-order chi connectivity index (χ1) is 9.60. The second kappa shape index (κ2) is 6.17. The molecule has 21 heavy (non-hydrogen) atoms. The van der Waals surface area contributed by atoms with E-state index < -0.39 is 17.2 Å². The van der Waals surface area contributed by atoms with Gasteiger partial charge in [-0.2, -0.15) is 13.2 Å². The van der Waals surface area contributed by atoms with E-state index in [1.807, 2.05) is 0 Å². The zero-order chi connectivity index (χ0) is 16.3. The van der Waals surface area contributed by atoms with Gasteiger partial charge in [0.15, 0.2) is 0 Å². The Morgan fingerprint density at radius 2 is 1.86 bits per heavy atom. The molecule has 0 aliphatic heterocycles. The molecule has 118 valence electrons. The number of aromatic nitrogens is 1. The number of nitrogens with zero attached hydrogens (tertiary/aromatic N) is 1. The molecular weight excluding hydrogens is 287 g/mol. The molecule has 0 aliphatic rings. The van der Waals surface area contributed by atoms with Gasteiger partial charge in [-0.25, -0.2) is 10.8 Å². The number of nitrogen functional groups attached to an aromatic ring is 1. The highest BCUT2D eigenvalue weighted by molar-refractivity contribution is 5.82. The summed E-state index contributed by atoms with van der Waals surface area (Å²) < 4.78 is 38.3. The van der Waals surface area contributed by atoms with Crippen molar-refractivity contribution in [3.05, 3.63) is 17.7 Å². The Balaban J connectivity index is 2.96. The predicted molar refractivity (Wildman–Crippen MR) is 73.4 cm³/mol. The van der Waals surface area contributed by atoms with E-state index in [0.29, 0.717) is 0 Å². The summed E-state index contributed by atoms with van der Waals surface area (Å²) in [5.74, 6) is 4.73. The van der Waals surface area contributed by atoms with Crippen molar-refractivity contribution in [3.8, 4) is 0 Å². The van der Waals surface area contributed by atoms with E-state index in [1.165, 1.54) is 7.05 Å². The van der Waals surface area contributed by atoms with E-state index in [-0.39, 0.29) is 24.1 Å². The van der Waals surface area contributed by atoms with Crippen LogP contribution in [0.3, 0.4) is 0 Å². The number of carbonyl (C=O) groups is 1. The minimum absolute atomic E-state index is 0.0187. The number of hydrazine groups is 1. The second-order valence-electron chi connectivity index (χ2n) is 5.08. The maximum Gasteiger partial charge on any atom is 0.416 e. The molecule has 0 saturated heterocycles. The highest BCUT2D eigenvalue weighted by Crippen LogP contribution is 2.32. The van der Waals surface area contributed by atoms with Crippen LogP contribution in [0.25, 0.3) is 0 Å². The Hall–Kier alpha value is -2.03. The number of halogens is 3. The van der Waals surface area contributed by atoms with Gasteiger partial charge in [-0.3, -0.25) is 4.79 Å². The fraction of sp³-hybridized carbons (Fsp3) is 0.500. The Kier molecular flexibility index (Phi) is 5.00. The molecule has 0 saturated carbocycles. The summed E-state index contributed by atoms with van der Waals surface area (Å²) in [4.78, 5) is 15.5. The third-order valence-corrected chi connectivity index (χ3v) is 2.85. The zero-order valence-electron chi connectivity index (χ0n) is 11.9. The Morgan fingerprint density at radius 3 is 2.33 bits per heavy atom. The molecule has 1 aromatic rings. The SMILES string of the molecule is CNC(=O)C(C)(C)CNc1cc(C(F)(F)F)cc(NN)n1. The van der Waals surface area contributed by atoms with Crippen LogP contribution in [-0.2, 0) is 11.0 Å². The van der Waals surface area contributed by atoms with Gasteiger partial charge in [-0.1, -0.05) is 0 Å². The smallest absolute Gasteiger partial charge is 0.369 e. The van der Waals surface area contributed by atoms with Crippen LogP contribution in [0, 0.1) is 5.41 Å². The zero-order valence-corrected chi connectivity index (χ0v) is 11.9. The van der Waals surface area contributed by atoms with Gasteiger partial charge < -0.3 is 16.1 Å². The van der Waals surface area contributed by atoms with Crippen molar-refractivity contribution in [3.63, 3.8) is 0 Å². The van der Waals surface area contributed by atoms with Crippen molar-refractivity contribution in [2.75, 3.05) is 24.3 Å². The van der Waals surface area contributed by atoms with Crippen LogP contribution < -0.4 is 21.9 Å². The highest BCUT2D eigenvalue weighted by atomic mass is 19.4. The molecular formula is C12H18F3N5O. The number of nitrogens with one attached hydrogen (secondary N) is 3. The first kappa shape index (κ1) is 17.0. The molecule has 1 amide bonds. The topological polar surface area (TPSA) is 92.1 Å².